The third kappa shape index (κ3) is 3.99. The highest BCUT2D eigenvalue weighted by Gasteiger charge is 2.30. The Labute approximate surface area is 110 Å². The van der Waals surface area contributed by atoms with E-state index in [0.29, 0.717) is 6.54 Å². The quantitative estimate of drug-likeness (QED) is 0.828. The van der Waals surface area contributed by atoms with Crippen LogP contribution in [0.15, 0.2) is 0 Å². The number of hydrogen-bond donors (Lipinski definition) is 1. The molecule has 0 aromatic carbocycles. The molecular weight excluding hydrogens is 226 g/mol. The Hall–Kier alpha value is -1.08. The summed E-state index contributed by atoms with van der Waals surface area (Å²) in [6.07, 6.45) is 2.32. The molecule has 0 spiro atoms. The Morgan fingerprint density at radius 3 is 2.50 bits per heavy atom. The number of likely N-dealkylation sites (tertiary alicyclic amines) is 1. The van der Waals surface area contributed by atoms with Gasteiger partial charge in [0.25, 0.3) is 0 Å². The smallest absolute Gasteiger partial charge is 0.235 e. The van der Waals surface area contributed by atoms with Crippen LogP contribution in [0.5, 0.6) is 0 Å². The summed E-state index contributed by atoms with van der Waals surface area (Å²) in [5.74, 6) is 0.833. The van der Waals surface area contributed by atoms with Crippen LogP contribution in [-0.4, -0.2) is 36.0 Å². The minimum Gasteiger partial charge on any atom is -0.337 e. The van der Waals surface area contributed by atoms with E-state index >= 15 is 0 Å². The molecule has 1 rings (SSSR count). The van der Waals surface area contributed by atoms with Gasteiger partial charge in [0.15, 0.2) is 0 Å². The molecule has 0 aromatic heterocycles. The van der Waals surface area contributed by atoms with Crippen LogP contribution < -0.4 is 5.32 Å². The number of nitriles is 1. The molecule has 1 atom stereocenters. The summed E-state index contributed by atoms with van der Waals surface area (Å²) in [5, 5.41) is 12.0. The topological polar surface area (TPSA) is 56.1 Å². The first-order chi connectivity index (χ1) is 8.37. The minimum atomic E-state index is -0.764. The fraction of sp³-hybridized carbons (Fsp3) is 0.857. The average Bonchev–Trinajstić information content (AvgIpc) is 2.31. The Balaban J connectivity index is 2.44. The number of nitrogens with zero attached hydrogens (tertiary/aromatic N) is 2. The zero-order chi connectivity index (χ0) is 13.8. The number of carbonyl (C=O) groups is 1. The van der Waals surface area contributed by atoms with Gasteiger partial charge in [-0.2, -0.15) is 5.26 Å². The van der Waals surface area contributed by atoms with E-state index in [2.05, 4.69) is 23.2 Å². The van der Waals surface area contributed by atoms with Gasteiger partial charge in [0.2, 0.25) is 5.91 Å². The second kappa shape index (κ2) is 6.19. The van der Waals surface area contributed by atoms with Crippen LogP contribution in [0.4, 0.5) is 0 Å². The second-order valence-corrected chi connectivity index (χ2v) is 5.98. The number of carbonyl (C=O) groups excluding carboxylic acids is 1. The van der Waals surface area contributed by atoms with Crippen molar-refractivity contribution in [3.63, 3.8) is 0 Å². The molecule has 0 radical (unpaired) electrons. The van der Waals surface area contributed by atoms with E-state index in [0.717, 1.165) is 31.8 Å². The normalized spacial score (nSPS) is 21.3. The van der Waals surface area contributed by atoms with E-state index in [1.165, 1.54) is 0 Å². The van der Waals surface area contributed by atoms with Crippen molar-refractivity contribution < 1.29 is 4.79 Å². The Morgan fingerprint density at radius 1 is 1.50 bits per heavy atom. The zero-order valence-corrected chi connectivity index (χ0v) is 12.0. The van der Waals surface area contributed by atoms with Gasteiger partial charge in [-0.1, -0.05) is 20.8 Å². The van der Waals surface area contributed by atoms with Crippen molar-refractivity contribution in [2.45, 2.75) is 46.1 Å². The van der Waals surface area contributed by atoms with Crippen LogP contribution in [0.3, 0.4) is 0 Å². The van der Waals surface area contributed by atoms with Gasteiger partial charge < -0.3 is 5.32 Å². The molecular formula is C14H25N3O. The number of nitrogens with one attached hydrogen (secondary N) is 1. The van der Waals surface area contributed by atoms with Gasteiger partial charge in [0, 0.05) is 0 Å². The van der Waals surface area contributed by atoms with Crippen LogP contribution in [0.1, 0.15) is 40.5 Å². The lowest BCUT2D eigenvalue weighted by atomic mass is 9.90. The lowest BCUT2D eigenvalue weighted by Gasteiger charge is -2.32. The number of rotatable bonds is 4. The summed E-state index contributed by atoms with van der Waals surface area (Å²) in [5.41, 5.74) is -0.764. The highest BCUT2D eigenvalue weighted by atomic mass is 16.2. The molecule has 1 saturated heterocycles. The number of hydrogen-bond acceptors (Lipinski definition) is 3. The summed E-state index contributed by atoms with van der Waals surface area (Å²) >= 11 is 0. The van der Waals surface area contributed by atoms with Gasteiger partial charge in [-0.05, 0) is 44.7 Å². The minimum absolute atomic E-state index is 0.0395. The van der Waals surface area contributed by atoms with Gasteiger partial charge in [-0.25, -0.2) is 0 Å². The zero-order valence-electron chi connectivity index (χ0n) is 12.0. The molecule has 0 aliphatic carbocycles. The van der Waals surface area contributed by atoms with Crippen molar-refractivity contribution >= 4 is 5.91 Å². The van der Waals surface area contributed by atoms with Crippen LogP contribution in [0, 0.1) is 23.2 Å². The van der Waals surface area contributed by atoms with E-state index in [-0.39, 0.29) is 11.8 Å². The molecule has 1 unspecified atom stereocenters. The highest BCUT2D eigenvalue weighted by molar-refractivity contribution is 5.79. The molecule has 1 aliphatic rings. The van der Waals surface area contributed by atoms with Gasteiger partial charge in [0.1, 0.15) is 5.54 Å². The third-order valence-corrected chi connectivity index (χ3v) is 4.03. The molecule has 0 bridgehead atoms. The first kappa shape index (κ1) is 15.0. The standard InChI is InChI=1S/C14H25N3O/c1-11(2)14(4,10-15)16-13(18)9-17-7-5-12(3)6-8-17/h11-12H,5-9H2,1-4H3,(H,16,18). The predicted octanol–water partition coefficient (Wildman–Crippen LogP) is 1.77. The number of amides is 1. The van der Waals surface area contributed by atoms with Gasteiger partial charge >= 0.3 is 0 Å². The van der Waals surface area contributed by atoms with Crippen LogP contribution >= 0.6 is 0 Å². The lowest BCUT2D eigenvalue weighted by molar-refractivity contribution is -0.124. The second-order valence-electron chi connectivity index (χ2n) is 5.98. The molecule has 1 N–H and O–H groups in total. The molecule has 18 heavy (non-hydrogen) atoms. The summed E-state index contributed by atoms with van der Waals surface area (Å²) in [6.45, 7) is 10.3. The Kier molecular flexibility index (Phi) is 5.15. The lowest BCUT2D eigenvalue weighted by Crippen LogP contribution is -2.52. The summed E-state index contributed by atoms with van der Waals surface area (Å²) < 4.78 is 0. The van der Waals surface area contributed by atoms with Crippen molar-refractivity contribution in [3.05, 3.63) is 0 Å². The van der Waals surface area contributed by atoms with Gasteiger partial charge in [-0.3, -0.25) is 9.69 Å². The van der Waals surface area contributed by atoms with E-state index in [1.807, 2.05) is 13.8 Å². The van der Waals surface area contributed by atoms with Crippen molar-refractivity contribution in [2.24, 2.45) is 11.8 Å². The molecule has 4 heteroatoms. The monoisotopic (exact) mass is 251 g/mol. The maximum absolute atomic E-state index is 12.0. The van der Waals surface area contributed by atoms with Crippen molar-refractivity contribution in [1.82, 2.24) is 10.2 Å². The van der Waals surface area contributed by atoms with Crippen molar-refractivity contribution in [2.75, 3.05) is 19.6 Å². The fourth-order valence-electron chi connectivity index (χ4n) is 2.05. The summed E-state index contributed by atoms with van der Waals surface area (Å²) in [7, 11) is 0. The summed E-state index contributed by atoms with van der Waals surface area (Å²) in [4.78, 5) is 14.1. The molecule has 1 amide bonds. The molecule has 0 saturated carbocycles. The van der Waals surface area contributed by atoms with Gasteiger partial charge in [-0.15, -0.1) is 0 Å². The predicted molar refractivity (Wildman–Crippen MR) is 71.8 cm³/mol. The average molecular weight is 251 g/mol. The Morgan fingerprint density at radius 2 is 2.06 bits per heavy atom. The summed E-state index contributed by atoms with van der Waals surface area (Å²) in [6, 6.07) is 2.20. The van der Waals surface area contributed by atoms with Crippen molar-refractivity contribution in [3.8, 4) is 6.07 Å². The molecule has 1 fully saturated rings. The molecule has 102 valence electrons. The van der Waals surface area contributed by atoms with E-state index in [9.17, 15) is 4.79 Å². The highest BCUT2D eigenvalue weighted by Crippen LogP contribution is 2.17. The molecule has 1 heterocycles. The number of piperidine rings is 1. The first-order valence-corrected chi connectivity index (χ1v) is 6.82. The van der Waals surface area contributed by atoms with E-state index < -0.39 is 5.54 Å². The molecule has 0 aromatic rings. The molecule has 1 aliphatic heterocycles. The van der Waals surface area contributed by atoms with Crippen LogP contribution in [0.25, 0.3) is 0 Å². The van der Waals surface area contributed by atoms with Gasteiger partial charge in [0.05, 0.1) is 12.6 Å². The largest absolute Gasteiger partial charge is 0.337 e. The van der Waals surface area contributed by atoms with Crippen LogP contribution in [-0.2, 0) is 4.79 Å². The van der Waals surface area contributed by atoms with E-state index in [1.54, 1.807) is 6.92 Å². The van der Waals surface area contributed by atoms with E-state index in [4.69, 9.17) is 5.26 Å². The molecule has 4 nitrogen and oxygen atoms in total. The fourth-order valence-corrected chi connectivity index (χ4v) is 2.05. The third-order valence-electron chi connectivity index (χ3n) is 4.03. The maximum atomic E-state index is 12.0. The van der Waals surface area contributed by atoms with Crippen molar-refractivity contribution in [1.29, 1.82) is 5.26 Å². The SMILES string of the molecule is CC1CCN(CC(=O)NC(C)(C#N)C(C)C)CC1. The van der Waals surface area contributed by atoms with Crippen LogP contribution in [0.2, 0.25) is 0 Å². The Bertz CT molecular complexity index is 326. The first-order valence-electron chi connectivity index (χ1n) is 6.82. The maximum Gasteiger partial charge on any atom is 0.235 e.